The Bertz CT molecular complexity index is 956. The summed E-state index contributed by atoms with van der Waals surface area (Å²) in [4.78, 5) is 16.8. The number of thiazole rings is 1. The second-order valence-electron chi connectivity index (χ2n) is 5.34. The van der Waals surface area contributed by atoms with E-state index in [9.17, 15) is 4.79 Å². The van der Waals surface area contributed by atoms with Gasteiger partial charge < -0.3 is 5.32 Å². The van der Waals surface area contributed by atoms with Crippen molar-refractivity contribution in [3.8, 4) is 11.1 Å². The predicted molar refractivity (Wildman–Crippen MR) is 101 cm³/mol. The van der Waals surface area contributed by atoms with Crippen molar-refractivity contribution in [2.45, 2.75) is 6.54 Å². The third kappa shape index (κ3) is 2.96. The Kier molecular flexibility index (Phi) is 4.11. The minimum absolute atomic E-state index is 0.128. The lowest BCUT2D eigenvalue weighted by Crippen LogP contribution is -2.22. The van der Waals surface area contributed by atoms with Gasteiger partial charge >= 0.3 is 0 Å². The number of benzene rings is 2. The van der Waals surface area contributed by atoms with Crippen molar-refractivity contribution >= 4 is 38.8 Å². The molecule has 2 aromatic carbocycles. The number of nitrogens with zero attached hydrogens (tertiary/aromatic N) is 1. The standard InChI is InChI=1S/C19H14N2OS2/c22-18(19-21-16-7-3-4-8-17(16)24-19)20-11-13-5-1-2-6-15(13)14-9-10-23-12-14/h1-10,12H,11H2,(H,20,22). The predicted octanol–water partition coefficient (Wildman–Crippen LogP) is 4.95. The Balaban J connectivity index is 1.54. The molecule has 0 aliphatic rings. The van der Waals surface area contributed by atoms with Gasteiger partial charge in [-0.2, -0.15) is 11.3 Å². The first-order valence-corrected chi connectivity index (χ1v) is 9.31. The molecular formula is C19H14N2OS2. The van der Waals surface area contributed by atoms with Crippen LogP contribution < -0.4 is 5.32 Å². The molecule has 0 bridgehead atoms. The summed E-state index contributed by atoms with van der Waals surface area (Å²) in [5.74, 6) is -0.128. The maximum Gasteiger partial charge on any atom is 0.280 e. The second-order valence-corrected chi connectivity index (χ2v) is 7.15. The van der Waals surface area contributed by atoms with Crippen molar-refractivity contribution in [3.05, 3.63) is 75.9 Å². The van der Waals surface area contributed by atoms with Gasteiger partial charge in [0.25, 0.3) is 5.91 Å². The number of rotatable bonds is 4. The highest BCUT2D eigenvalue weighted by atomic mass is 32.1. The number of carbonyl (C=O) groups excluding carboxylic acids is 1. The summed E-state index contributed by atoms with van der Waals surface area (Å²) >= 11 is 3.09. The highest BCUT2D eigenvalue weighted by molar-refractivity contribution is 7.20. The van der Waals surface area contributed by atoms with Crippen molar-refractivity contribution in [2.24, 2.45) is 0 Å². The molecule has 0 unspecified atom stereocenters. The molecule has 118 valence electrons. The van der Waals surface area contributed by atoms with E-state index in [1.54, 1.807) is 11.3 Å². The van der Waals surface area contributed by atoms with E-state index in [1.165, 1.54) is 16.9 Å². The first-order chi connectivity index (χ1) is 11.8. The van der Waals surface area contributed by atoms with Crippen LogP contribution in [0.1, 0.15) is 15.4 Å². The first-order valence-electron chi connectivity index (χ1n) is 7.55. The molecule has 0 saturated carbocycles. The highest BCUT2D eigenvalue weighted by Gasteiger charge is 2.13. The van der Waals surface area contributed by atoms with Crippen LogP contribution in [0.2, 0.25) is 0 Å². The molecule has 0 aliphatic heterocycles. The van der Waals surface area contributed by atoms with Gasteiger partial charge in [-0.05, 0) is 45.6 Å². The second kappa shape index (κ2) is 6.55. The maximum atomic E-state index is 12.4. The van der Waals surface area contributed by atoms with Crippen LogP contribution in [0, 0.1) is 0 Å². The molecule has 2 heterocycles. The van der Waals surface area contributed by atoms with Crippen molar-refractivity contribution in [2.75, 3.05) is 0 Å². The van der Waals surface area contributed by atoms with Crippen molar-refractivity contribution in [3.63, 3.8) is 0 Å². The van der Waals surface area contributed by atoms with Crippen LogP contribution >= 0.6 is 22.7 Å². The van der Waals surface area contributed by atoms with Crippen LogP contribution in [0.5, 0.6) is 0 Å². The summed E-state index contributed by atoms with van der Waals surface area (Å²) in [6.07, 6.45) is 0. The number of hydrogen-bond acceptors (Lipinski definition) is 4. The van der Waals surface area contributed by atoms with Crippen molar-refractivity contribution in [1.29, 1.82) is 0 Å². The summed E-state index contributed by atoms with van der Waals surface area (Å²) < 4.78 is 1.03. The summed E-state index contributed by atoms with van der Waals surface area (Å²) in [7, 11) is 0. The van der Waals surface area contributed by atoms with Crippen molar-refractivity contribution in [1.82, 2.24) is 10.3 Å². The molecular weight excluding hydrogens is 336 g/mol. The van der Waals surface area contributed by atoms with E-state index >= 15 is 0 Å². The Morgan fingerprint density at radius 3 is 2.71 bits per heavy atom. The fraction of sp³-hybridized carbons (Fsp3) is 0.0526. The quantitative estimate of drug-likeness (QED) is 0.565. The van der Waals surface area contributed by atoms with Crippen LogP contribution in [0.3, 0.4) is 0 Å². The third-order valence-corrected chi connectivity index (χ3v) is 5.50. The largest absolute Gasteiger partial charge is 0.346 e. The van der Waals surface area contributed by atoms with Crippen LogP contribution in [-0.4, -0.2) is 10.9 Å². The minimum atomic E-state index is -0.128. The van der Waals surface area contributed by atoms with Gasteiger partial charge in [0.15, 0.2) is 5.01 Å². The van der Waals surface area contributed by atoms with Gasteiger partial charge in [0.1, 0.15) is 0 Å². The van der Waals surface area contributed by atoms with Gasteiger partial charge in [0, 0.05) is 6.54 Å². The lowest BCUT2D eigenvalue weighted by molar-refractivity contribution is 0.0951. The normalized spacial score (nSPS) is 10.8. The number of hydrogen-bond donors (Lipinski definition) is 1. The molecule has 5 heteroatoms. The maximum absolute atomic E-state index is 12.4. The highest BCUT2D eigenvalue weighted by Crippen LogP contribution is 2.26. The number of amides is 1. The molecule has 1 N–H and O–H groups in total. The third-order valence-electron chi connectivity index (χ3n) is 3.78. The molecule has 0 atom stereocenters. The topological polar surface area (TPSA) is 42.0 Å². The molecule has 0 saturated heterocycles. The average Bonchev–Trinajstić information content (AvgIpc) is 3.29. The molecule has 4 rings (SSSR count). The summed E-state index contributed by atoms with van der Waals surface area (Å²) in [6, 6.07) is 18.0. The zero-order chi connectivity index (χ0) is 16.4. The fourth-order valence-corrected chi connectivity index (χ4v) is 4.13. The molecule has 1 amide bonds. The number of carbonyl (C=O) groups is 1. The lowest BCUT2D eigenvalue weighted by Gasteiger charge is -2.09. The Hall–Kier alpha value is -2.50. The molecule has 0 radical (unpaired) electrons. The Labute approximate surface area is 147 Å². The van der Waals surface area contributed by atoms with Gasteiger partial charge in [-0.15, -0.1) is 11.3 Å². The van der Waals surface area contributed by atoms with E-state index in [0.717, 1.165) is 21.3 Å². The number of para-hydroxylation sites is 1. The molecule has 0 fully saturated rings. The van der Waals surface area contributed by atoms with Gasteiger partial charge in [-0.25, -0.2) is 4.98 Å². The fourth-order valence-electron chi connectivity index (χ4n) is 2.59. The van der Waals surface area contributed by atoms with E-state index in [1.807, 2.05) is 42.5 Å². The lowest BCUT2D eigenvalue weighted by atomic mass is 10.0. The number of fused-ring (bicyclic) bond motifs is 1. The van der Waals surface area contributed by atoms with E-state index < -0.39 is 0 Å². The van der Waals surface area contributed by atoms with E-state index in [-0.39, 0.29) is 5.91 Å². The van der Waals surface area contributed by atoms with Crippen LogP contribution in [0.15, 0.2) is 65.4 Å². The number of aromatic nitrogens is 1. The molecule has 0 aliphatic carbocycles. The molecule has 24 heavy (non-hydrogen) atoms. The summed E-state index contributed by atoms with van der Waals surface area (Å²) in [6.45, 7) is 0.487. The first kappa shape index (κ1) is 15.1. The number of thiophene rings is 1. The van der Waals surface area contributed by atoms with E-state index in [0.29, 0.717) is 11.6 Å². The van der Waals surface area contributed by atoms with Gasteiger partial charge in [-0.1, -0.05) is 36.4 Å². The molecule has 4 aromatic rings. The van der Waals surface area contributed by atoms with Crippen LogP contribution in [0.25, 0.3) is 21.3 Å². The van der Waals surface area contributed by atoms with Crippen LogP contribution in [-0.2, 0) is 6.54 Å². The Morgan fingerprint density at radius 2 is 1.88 bits per heavy atom. The average molecular weight is 350 g/mol. The van der Waals surface area contributed by atoms with E-state index in [2.05, 4.69) is 33.2 Å². The van der Waals surface area contributed by atoms with Gasteiger partial charge in [0.2, 0.25) is 0 Å². The smallest absolute Gasteiger partial charge is 0.280 e. The van der Waals surface area contributed by atoms with Crippen molar-refractivity contribution < 1.29 is 4.79 Å². The zero-order valence-electron chi connectivity index (χ0n) is 12.7. The molecule has 2 aromatic heterocycles. The SMILES string of the molecule is O=C(NCc1ccccc1-c1ccsc1)c1nc2ccccc2s1. The zero-order valence-corrected chi connectivity index (χ0v) is 14.4. The van der Waals surface area contributed by atoms with Gasteiger partial charge in [-0.3, -0.25) is 4.79 Å². The van der Waals surface area contributed by atoms with Crippen LogP contribution in [0.4, 0.5) is 0 Å². The van der Waals surface area contributed by atoms with E-state index in [4.69, 9.17) is 0 Å². The molecule has 3 nitrogen and oxygen atoms in total. The minimum Gasteiger partial charge on any atom is -0.346 e. The monoisotopic (exact) mass is 350 g/mol. The Morgan fingerprint density at radius 1 is 1.04 bits per heavy atom. The molecule has 0 spiro atoms. The number of nitrogens with one attached hydrogen (secondary N) is 1. The summed E-state index contributed by atoms with van der Waals surface area (Å²) in [5, 5.41) is 7.68. The summed E-state index contributed by atoms with van der Waals surface area (Å²) in [5.41, 5.74) is 4.31. The van der Waals surface area contributed by atoms with Gasteiger partial charge in [0.05, 0.1) is 10.2 Å².